The standard InChI is InChI=1S/C9H10O6/c10-6(4-5-8(12)13)2-1-3-7(11)9(14)15/h1-3,11H,4-5H2,(H,12,13)(H,14,15)/b2-1+,7-3-. The quantitative estimate of drug-likeness (QED) is 0.337. The fourth-order valence-corrected chi connectivity index (χ4v) is 0.631. The SMILES string of the molecule is O=C(O)CCC(=O)/C=C/C=C(\O)C(=O)O. The van der Waals surface area contributed by atoms with Gasteiger partial charge in [-0.2, -0.15) is 0 Å². The second-order valence-electron chi connectivity index (χ2n) is 2.58. The molecule has 3 N–H and O–H groups in total. The number of rotatable bonds is 6. The minimum atomic E-state index is -1.50. The second kappa shape index (κ2) is 6.36. The second-order valence-corrected chi connectivity index (χ2v) is 2.58. The fourth-order valence-electron chi connectivity index (χ4n) is 0.631. The Morgan fingerprint density at radius 2 is 1.60 bits per heavy atom. The molecule has 0 amide bonds. The van der Waals surface area contributed by atoms with Crippen molar-refractivity contribution in [2.24, 2.45) is 0 Å². The molecular weight excluding hydrogens is 204 g/mol. The molecule has 0 aliphatic heterocycles. The summed E-state index contributed by atoms with van der Waals surface area (Å²) >= 11 is 0. The highest BCUT2D eigenvalue weighted by molar-refractivity contribution is 5.92. The van der Waals surface area contributed by atoms with Crippen molar-refractivity contribution >= 4 is 17.7 Å². The number of carbonyl (C=O) groups excluding carboxylic acids is 1. The summed E-state index contributed by atoms with van der Waals surface area (Å²) < 4.78 is 0. The largest absolute Gasteiger partial charge is 0.502 e. The van der Waals surface area contributed by atoms with Crippen molar-refractivity contribution in [1.29, 1.82) is 0 Å². The molecule has 6 nitrogen and oxygen atoms in total. The van der Waals surface area contributed by atoms with Gasteiger partial charge < -0.3 is 15.3 Å². The van der Waals surface area contributed by atoms with Gasteiger partial charge in [0.05, 0.1) is 6.42 Å². The van der Waals surface area contributed by atoms with E-state index in [9.17, 15) is 14.4 Å². The topological polar surface area (TPSA) is 112 Å². The van der Waals surface area contributed by atoms with Crippen molar-refractivity contribution in [3.63, 3.8) is 0 Å². The molecule has 0 unspecified atom stereocenters. The molecule has 0 saturated heterocycles. The number of aliphatic hydroxyl groups is 1. The smallest absolute Gasteiger partial charge is 0.370 e. The van der Waals surface area contributed by atoms with E-state index < -0.39 is 23.5 Å². The number of hydrogen-bond donors (Lipinski definition) is 3. The molecule has 0 atom stereocenters. The van der Waals surface area contributed by atoms with E-state index >= 15 is 0 Å². The van der Waals surface area contributed by atoms with E-state index in [0.717, 1.165) is 18.2 Å². The summed E-state index contributed by atoms with van der Waals surface area (Å²) in [6.07, 6.45) is 2.45. The van der Waals surface area contributed by atoms with Crippen molar-refractivity contribution in [2.45, 2.75) is 12.8 Å². The number of ketones is 1. The van der Waals surface area contributed by atoms with Crippen LogP contribution in [0.1, 0.15) is 12.8 Å². The van der Waals surface area contributed by atoms with E-state index in [1.54, 1.807) is 0 Å². The first-order valence-corrected chi connectivity index (χ1v) is 3.98. The summed E-state index contributed by atoms with van der Waals surface area (Å²) in [5.74, 6) is -3.93. The molecule has 0 aromatic heterocycles. The third-order valence-corrected chi connectivity index (χ3v) is 1.34. The van der Waals surface area contributed by atoms with Crippen LogP contribution in [0.2, 0.25) is 0 Å². The molecule has 0 aromatic rings. The monoisotopic (exact) mass is 214 g/mol. The Bertz CT molecular complexity index is 325. The fraction of sp³-hybridized carbons (Fsp3) is 0.222. The zero-order valence-corrected chi connectivity index (χ0v) is 7.71. The summed E-state index contributed by atoms with van der Waals surface area (Å²) in [6, 6.07) is 0. The van der Waals surface area contributed by atoms with Crippen LogP contribution in [0.4, 0.5) is 0 Å². The Hall–Kier alpha value is -2.11. The molecule has 0 rings (SSSR count). The summed E-state index contributed by atoms with van der Waals surface area (Å²) in [5.41, 5.74) is 0. The van der Waals surface area contributed by atoms with Crippen LogP contribution in [-0.4, -0.2) is 33.0 Å². The molecule has 0 saturated carbocycles. The van der Waals surface area contributed by atoms with Crippen LogP contribution in [0.25, 0.3) is 0 Å². The van der Waals surface area contributed by atoms with E-state index in [1.807, 2.05) is 0 Å². The van der Waals surface area contributed by atoms with Crippen LogP contribution in [0, 0.1) is 0 Å². The van der Waals surface area contributed by atoms with E-state index in [1.165, 1.54) is 0 Å². The van der Waals surface area contributed by atoms with Crippen LogP contribution >= 0.6 is 0 Å². The molecular formula is C9H10O6. The number of aliphatic carboxylic acids is 2. The average Bonchev–Trinajstić information content (AvgIpc) is 2.14. The zero-order valence-electron chi connectivity index (χ0n) is 7.71. The van der Waals surface area contributed by atoms with Crippen LogP contribution in [-0.2, 0) is 14.4 Å². The predicted octanol–water partition coefficient (Wildman–Crippen LogP) is 0.503. The van der Waals surface area contributed by atoms with Gasteiger partial charge in [-0.3, -0.25) is 9.59 Å². The van der Waals surface area contributed by atoms with Gasteiger partial charge in [0.1, 0.15) is 0 Å². The first-order valence-electron chi connectivity index (χ1n) is 3.98. The van der Waals surface area contributed by atoms with Gasteiger partial charge in [-0.05, 0) is 12.2 Å². The van der Waals surface area contributed by atoms with Crippen molar-refractivity contribution in [3.05, 3.63) is 24.0 Å². The van der Waals surface area contributed by atoms with Gasteiger partial charge in [-0.25, -0.2) is 4.79 Å². The van der Waals surface area contributed by atoms with E-state index in [-0.39, 0.29) is 12.8 Å². The van der Waals surface area contributed by atoms with Gasteiger partial charge in [-0.15, -0.1) is 0 Å². The van der Waals surface area contributed by atoms with E-state index in [0.29, 0.717) is 0 Å². The van der Waals surface area contributed by atoms with Crippen LogP contribution < -0.4 is 0 Å². The highest BCUT2D eigenvalue weighted by Crippen LogP contribution is 1.94. The minimum absolute atomic E-state index is 0.159. The number of allylic oxidation sites excluding steroid dienone is 3. The number of carboxylic acid groups (broad SMARTS) is 2. The van der Waals surface area contributed by atoms with Gasteiger partial charge in [-0.1, -0.05) is 6.08 Å². The van der Waals surface area contributed by atoms with E-state index in [2.05, 4.69) is 0 Å². The summed E-state index contributed by atoms with van der Waals surface area (Å²) in [4.78, 5) is 31.0. The molecule has 0 aliphatic carbocycles. The van der Waals surface area contributed by atoms with Gasteiger partial charge >= 0.3 is 11.9 Å². The molecule has 0 radical (unpaired) electrons. The normalized spacial score (nSPS) is 11.6. The molecule has 0 fully saturated rings. The van der Waals surface area contributed by atoms with Crippen molar-refractivity contribution in [1.82, 2.24) is 0 Å². The van der Waals surface area contributed by atoms with Crippen molar-refractivity contribution < 1.29 is 29.7 Å². The molecule has 15 heavy (non-hydrogen) atoms. The number of hydrogen-bond acceptors (Lipinski definition) is 4. The third kappa shape index (κ3) is 7.00. The molecule has 0 bridgehead atoms. The first kappa shape index (κ1) is 12.9. The highest BCUT2D eigenvalue weighted by Gasteiger charge is 2.02. The maximum Gasteiger partial charge on any atom is 0.370 e. The molecule has 0 aromatic carbocycles. The molecule has 0 heterocycles. The molecule has 0 aliphatic rings. The predicted molar refractivity (Wildman–Crippen MR) is 49.4 cm³/mol. The van der Waals surface area contributed by atoms with Crippen LogP contribution in [0.5, 0.6) is 0 Å². The Labute approximate surface area is 85.1 Å². The Kier molecular flexibility index (Phi) is 5.47. The summed E-state index contributed by atoms with van der Waals surface area (Å²) in [7, 11) is 0. The highest BCUT2D eigenvalue weighted by atomic mass is 16.4. The Morgan fingerprint density at radius 1 is 1.00 bits per heavy atom. The minimum Gasteiger partial charge on any atom is -0.502 e. The van der Waals surface area contributed by atoms with E-state index in [4.69, 9.17) is 15.3 Å². The Morgan fingerprint density at radius 3 is 2.07 bits per heavy atom. The lowest BCUT2D eigenvalue weighted by Crippen LogP contribution is -2.00. The summed E-state index contributed by atoms with van der Waals surface area (Å²) in [6.45, 7) is 0. The summed E-state index contributed by atoms with van der Waals surface area (Å²) in [5, 5.41) is 25.1. The first-order chi connectivity index (χ1) is 6.93. The molecule has 0 spiro atoms. The lowest BCUT2D eigenvalue weighted by Gasteiger charge is -1.90. The van der Waals surface area contributed by atoms with Crippen LogP contribution in [0.15, 0.2) is 24.0 Å². The zero-order chi connectivity index (χ0) is 11.8. The maximum atomic E-state index is 10.9. The lowest BCUT2D eigenvalue weighted by atomic mass is 10.2. The number of aliphatic hydroxyl groups excluding tert-OH is 1. The van der Waals surface area contributed by atoms with Gasteiger partial charge in [0.15, 0.2) is 5.78 Å². The Balaban J connectivity index is 4.07. The average molecular weight is 214 g/mol. The molecule has 6 heteroatoms. The van der Waals surface area contributed by atoms with Gasteiger partial charge in [0.2, 0.25) is 5.76 Å². The maximum absolute atomic E-state index is 10.9. The number of carboxylic acids is 2. The van der Waals surface area contributed by atoms with Gasteiger partial charge in [0.25, 0.3) is 0 Å². The van der Waals surface area contributed by atoms with Crippen molar-refractivity contribution in [2.75, 3.05) is 0 Å². The van der Waals surface area contributed by atoms with Gasteiger partial charge in [0, 0.05) is 6.42 Å². The lowest BCUT2D eigenvalue weighted by molar-refractivity contribution is -0.138. The van der Waals surface area contributed by atoms with Crippen molar-refractivity contribution in [3.8, 4) is 0 Å². The third-order valence-electron chi connectivity index (χ3n) is 1.34. The molecule has 82 valence electrons. The van der Waals surface area contributed by atoms with Crippen LogP contribution in [0.3, 0.4) is 0 Å². The number of carbonyl (C=O) groups is 3.